The highest BCUT2D eigenvalue weighted by Crippen LogP contribution is 2.22. The summed E-state index contributed by atoms with van der Waals surface area (Å²) in [4.78, 5) is 10.7. The van der Waals surface area contributed by atoms with Crippen LogP contribution in [0, 0.1) is 6.92 Å². The SMILES string of the molecule is Cc1ccn(C)c1-c1cc(C(=O)O)[nH]n1. The summed E-state index contributed by atoms with van der Waals surface area (Å²) in [5.74, 6) is -0.999. The summed E-state index contributed by atoms with van der Waals surface area (Å²) in [6, 6.07) is 3.50. The van der Waals surface area contributed by atoms with Gasteiger partial charge in [-0.1, -0.05) is 0 Å². The maximum Gasteiger partial charge on any atom is 0.353 e. The van der Waals surface area contributed by atoms with Gasteiger partial charge in [0.2, 0.25) is 0 Å². The molecular formula is C10H11N3O2. The Morgan fingerprint density at radius 3 is 2.80 bits per heavy atom. The molecule has 2 N–H and O–H groups in total. The molecule has 0 atom stereocenters. The van der Waals surface area contributed by atoms with Crippen LogP contribution in [0.3, 0.4) is 0 Å². The van der Waals surface area contributed by atoms with Gasteiger partial charge in [-0.3, -0.25) is 5.10 Å². The van der Waals surface area contributed by atoms with Crippen molar-refractivity contribution >= 4 is 5.97 Å². The van der Waals surface area contributed by atoms with Gasteiger partial charge < -0.3 is 9.67 Å². The average Bonchev–Trinajstić information content (AvgIpc) is 2.73. The second kappa shape index (κ2) is 3.27. The van der Waals surface area contributed by atoms with E-state index in [0.717, 1.165) is 11.3 Å². The largest absolute Gasteiger partial charge is 0.477 e. The molecule has 0 fully saturated rings. The molecule has 0 saturated heterocycles. The summed E-state index contributed by atoms with van der Waals surface area (Å²) in [6.07, 6.45) is 1.92. The normalized spacial score (nSPS) is 10.5. The topological polar surface area (TPSA) is 70.9 Å². The Labute approximate surface area is 86.4 Å². The molecule has 0 aliphatic heterocycles. The van der Waals surface area contributed by atoms with Crippen molar-refractivity contribution in [2.75, 3.05) is 0 Å². The Bertz CT molecular complexity index is 491. The molecule has 0 spiro atoms. The second-order valence-electron chi connectivity index (χ2n) is 3.43. The van der Waals surface area contributed by atoms with Crippen LogP contribution in [0.5, 0.6) is 0 Å². The number of carbonyl (C=O) groups is 1. The lowest BCUT2D eigenvalue weighted by Crippen LogP contribution is -1.95. The number of nitrogens with zero attached hydrogens (tertiary/aromatic N) is 2. The lowest BCUT2D eigenvalue weighted by Gasteiger charge is -1.99. The number of aryl methyl sites for hydroxylation is 2. The fourth-order valence-corrected chi connectivity index (χ4v) is 1.59. The highest BCUT2D eigenvalue weighted by Gasteiger charge is 2.12. The van der Waals surface area contributed by atoms with E-state index in [1.54, 1.807) is 0 Å². The second-order valence-corrected chi connectivity index (χ2v) is 3.43. The highest BCUT2D eigenvalue weighted by molar-refractivity contribution is 5.86. The smallest absolute Gasteiger partial charge is 0.353 e. The van der Waals surface area contributed by atoms with Crippen molar-refractivity contribution in [3.63, 3.8) is 0 Å². The fourth-order valence-electron chi connectivity index (χ4n) is 1.59. The van der Waals surface area contributed by atoms with Gasteiger partial charge in [0.05, 0.1) is 5.69 Å². The first kappa shape index (κ1) is 9.51. The van der Waals surface area contributed by atoms with Gasteiger partial charge in [-0.05, 0) is 18.6 Å². The highest BCUT2D eigenvalue weighted by atomic mass is 16.4. The van der Waals surface area contributed by atoms with Gasteiger partial charge in [-0.2, -0.15) is 5.10 Å². The predicted molar refractivity (Wildman–Crippen MR) is 54.7 cm³/mol. The summed E-state index contributed by atoms with van der Waals surface area (Å²) in [5, 5.41) is 15.2. The number of rotatable bonds is 2. The Kier molecular flexibility index (Phi) is 2.07. The molecule has 0 amide bonds. The van der Waals surface area contributed by atoms with E-state index in [1.165, 1.54) is 6.07 Å². The van der Waals surface area contributed by atoms with Crippen LogP contribution in [-0.2, 0) is 7.05 Å². The Hall–Kier alpha value is -2.04. The van der Waals surface area contributed by atoms with E-state index in [-0.39, 0.29) is 5.69 Å². The molecule has 0 bridgehead atoms. The fraction of sp³-hybridized carbons (Fsp3) is 0.200. The molecule has 0 saturated carbocycles. The molecule has 0 aliphatic rings. The summed E-state index contributed by atoms with van der Waals surface area (Å²) >= 11 is 0. The van der Waals surface area contributed by atoms with Crippen LogP contribution in [0.1, 0.15) is 16.1 Å². The van der Waals surface area contributed by atoms with Gasteiger partial charge in [-0.25, -0.2) is 4.79 Å². The number of aromatic amines is 1. The zero-order valence-corrected chi connectivity index (χ0v) is 8.48. The Morgan fingerprint density at radius 2 is 2.33 bits per heavy atom. The van der Waals surface area contributed by atoms with E-state index in [9.17, 15) is 4.79 Å². The number of hydrogen-bond acceptors (Lipinski definition) is 2. The van der Waals surface area contributed by atoms with Crippen LogP contribution in [0.15, 0.2) is 18.3 Å². The minimum Gasteiger partial charge on any atom is -0.477 e. The van der Waals surface area contributed by atoms with E-state index < -0.39 is 5.97 Å². The van der Waals surface area contributed by atoms with Crippen LogP contribution in [0.4, 0.5) is 0 Å². The van der Waals surface area contributed by atoms with E-state index in [4.69, 9.17) is 5.11 Å². The minimum atomic E-state index is -0.999. The zero-order valence-electron chi connectivity index (χ0n) is 8.48. The molecule has 78 valence electrons. The molecule has 2 rings (SSSR count). The number of aromatic carboxylic acids is 1. The van der Waals surface area contributed by atoms with Crippen LogP contribution in [-0.4, -0.2) is 25.8 Å². The number of aromatic nitrogens is 3. The lowest BCUT2D eigenvalue weighted by atomic mass is 10.2. The van der Waals surface area contributed by atoms with Crippen LogP contribution >= 0.6 is 0 Å². The van der Waals surface area contributed by atoms with E-state index >= 15 is 0 Å². The van der Waals surface area contributed by atoms with Gasteiger partial charge in [0.15, 0.2) is 0 Å². The lowest BCUT2D eigenvalue weighted by molar-refractivity contribution is 0.0690. The maximum atomic E-state index is 10.7. The number of H-pyrrole nitrogens is 1. The van der Waals surface area contributed by atoms with Crippen molar-refractivity contribution in [3.8, 4) is 11.4 Å². The van der Waals surface area contributed by atoms with Crippen LogP contribution in [0.2, 0.25) is 0 Å². The van der Waals surface area contributed by atoms with Crippen molar-refractivity contribution in [1.82, 2.24) is 14.8 Å². The molecule has 0 radical (unpaired) electrons. The molecule has 2 aromatic heterocycles. The van der Waals surface area contributed by atoms with E-state index in [1.807, 2.05) is 30.8 Å². The monoisotopic (exact) mass is 205 g/mol. The number of nitrogens with one attached hydrogen (secondary N) is 1. The summed E-state index contributed by atoms with van der Waals surface area (Å²) < 4.78 is 1.91. The quantitative estimate of drug-likeness (QED) is 0.778. The van der Waals surface area contributed by atoms with Crippen LogP contribution < -0.4 is 0 Å². The first-order valence-corrected chi connectivity index (χ1v) is 4.50. The van der Waals surface area contributed by atoms with Gasteiger partial charge in [0.1, 0.15) is 11.4 Å². The van der Waals surface area contributed by atoms with Crippen molar-refractivity contribution in [2.24, 2.45) is 7.05 Å². The molecular weight excluding hydrogens is 194 g/mol. The summed E-state index contributed by atoms with van der Waals surface area (Å²) in [6.45, 7) is 1.96. The number of hydrogen-bond donors (Lipinski definition) is 2. The molecule has 2 heterocycles. The first-order chi connectivity index (χ1) is 7.09. The third-order valence-corrected chi connectivity index (χ3v) is 2.33. The third kappa shape index (κ3) is 1.52. The zero-order chi connectivity index (χ0) is 11.0. The Morgan fingerprint density at radius 1 is 1.60 bits per heavy atom. The average molecular weight is 205 g/mol. The third-order valence-electron chi connectivity index (χ3n) is 2.33. The van der Waals surface area contributed by atoms with Gasteiger partial charge in [-0.15, -0.1) is 0 Å². The van der Waals surface area contributed by atoms with Crippen molar-refractivity contribution < 1.29 is 9.90 Å². The molecule has 15 heavy (non-hydrogen) atoms. The summed E-state index contributed by atoms with van der Waals surface area (Å²) in [5.41, 5.74) is 2.75. The molecule has 0 unspecified atom stereocenters. The molecule has 5 heteroatoms. The maximum absolute atomic E-state index is 10.7. The number of carboxylic acid groups (broad SMARTS) is 1. The van der Waals surface area contributed by atoms with Gasteiger partial charge >= 0.3 is 5.97 Å². The molecule has 2 aromatic rings. The van der Waals surface area contributed by atoms with E-state index in [2.05, 4.69) is 10.2 Å². The van der Waals surface area contributed by atoms with Crippen molar-refractivity contribution in [1.29, 1.82) is 0 Å². The molecule has 5 nitrogen and oxygen atoms in total. The van der Waals surface area contributed by atoms with Crippen LogP contribution in [0.25, 0.3) is 11.4 Å². The number of carboxylic acids is 1. The Balaban J connectivity index is 2.50. The van der Waals surface area contributed by atoms with Gasteiger partial charge in [0.25, 0.3) is 0 Å². The molecule has 0 aliphatic carbocycles. The standard InChI is InChI=1S/C10H11N3O2/c1-6-3-4-13(2)9(6)7-5-8(10(14)15)12-11-7/h3-5H,1-2H3,(H,11,12)(H,14,15). The van der Waals surface area contributed by atoms with Gasteiger partial charge in [0, 0.05) is 19.3 Å². The first-order valence-electron chi connectivity index (χ1n) is 4.50. The summed E-state index contributed by atoms with van der Waals surface area (Å²) in [7, 11) is 1.90. The van der Waals surface area contributed by atoms with E-state index in [0.29, 0.717) is 5.69 Å². The minimum absolute atomic E-state index is 0.102. The predicted octanol–water partition coefficient (Wildman–Crippen LogP) is 1.42. The molecule has 0 aromatic carbocycles. The van der Waals surface area contributed by atoms with Crippen molar-refractivity contribution in [3.05, 3.63) is 29.6 Å². The van der Waals surface area contributed by atoms with Crippen molar-refractivity contribution in [2.45, 2.75) is 6.92 Å².